The molecule has 3 N–H and O–H groups in total. The van der Waals surface area contributed by atoms with Crippen LogP contribution in [0.3, 0.4) is 0 Å². The molecule has 1 fully saturated rings. The molecule has 0 saturated heterocycles. The molecule has 1 aromatic rings. The van der Waals surface area contributed by atoms with Crippen molar-refractivity contribution in [2.24, 2.45) is 11.8 Å². The highest BCUT2D eigenvalue weighted by molar-refractivity contribution is 9.10. The van der Waals surface area contributed by atoms with Gasteiger partial charge in [-0.3, -0.25) is 11.3 Å². The Labute approximate surface area is 106 Å². The molecule has 1 aliphatic rings. The van der Waals surface area contributed by atoms with Crippen molar-refractivity contribution in [2.45, 2.75) is 38.6 Å². The Bertz CT molecular complexity index is 361. The van der Waals surface area contributed by atoms with Crippen LogP contribution in [0, 0.1) is 12.8 Å². The standard InChI is InChI=1S/C13H19BrN2/c1-9-11(3-2-4-12(9)14)13(16-15)8-7-10-5-6-10/h2-4,10,13,16H,5-8,15H2,1H3. The van der Waals surface area contributed by atoms with Gasteiger partial charge in [0.1, 0.15) is 0 Å². The molecule has 0 aromatic heterocycles. The molecular formula is C13H19BrN2. The second kappa shape index (κ2) is 5.30. The fraction of sp³-hybridized carbons (Fsp3) is 0.538. The van der Waals surface area contributed by atoms with E-state index >= 15 is 0 Å². The molecule has 1 unspecified atom stereocenters. The summed E-state index contributed by atoms with van der Waals surface area (Å²) >= 11 is 3.57. The van der Waals surface area contributed by atoms with Gasteiger partial charge in [0.05, 0.1) is 0 Å². The van der Waals surface area contributed by atoms with E-state index in [1.54, 1.807) is 0 Å². The Balaban J connectivity index is 2.08. The third kappa shape index (κ3) is 2.84. The number of hydrazine groups is 1. The molecule has 2 rings (SSSR count). The monoisotopic (exact) mass is 282 g/mol. The van der Waals surface area contributed by atoms with E-state index in [4.69, 9.17) is 5.84 Å². The summed E-state index contributed by atoms with van der Waals surface area (Å²) in [6, 6.07) is 6.61. The summed E-state index contributed by atoms with van der Waals surface area (Å²) in [6.07, 6.45) is 5.25. The van der Waals surface area contributed by atoms with E-state index in [-0.39, 0.29) is 6.04 Å². The molecule has 88 valence electrons. The summed E-state index contributed by atoms with van der Waals surface area (Å²) < 4.78 is 1.16. The second-order valence-corrected chi connectivity index (χ2v) is 5.55. The molecular weight excluding hydrogens is 264 g/mol. The van der Waals surface area contributed by atoms with Gasteiger partial charge < -0.3 is 0 Å². The number of nitrogens with two attached hydrogens (primary N) is 1. The van der Waals surface area contributed by atoms with Gasteiger partial charge in [-0.25, -0.2) is 0 Å². The zero-order valence-corrected chi connectivity index (χ0v) is 11.3. The molecule has 16 heavy (non-hydrogen) atoms. The van der Waals surface area contributed by atoms with Crippen LogP contribution in [-0.4, -0.2) is 0 Å². The molecule has 1 saturated carbocycles. The summed E-state index contributed by atoms with van der Waals surface area (Å²) in [7, 11) is 0. The van der Waals surface area contributed by atoms with Gasteiger partial charge in [-0.05, 0) is 42.9 Å². The topological polar surface area (TPSA) is 38.0 Å². The minimum atomic E-state index is 0.290. The van der Waals surface area contributed by atoms with Crippen LogP contribution in [-0.2, 0) is 0 Å². The predicted molar refractivity (Wildman–Crippen MR) is 70.9 cm³/mol. The van der Waals surface area contributed by atoms with Crippen LogP contribution in [0.2, 0.25) is 0 Å². The molecule has 0 heterocycles. The smallest absolute Gasteiger partial charge is 0.0463 e. The Kier molecular flexibility index (Phi) is 4.00. The number of halogens is 1. The lowest BCUT2D eigenvalue weighted by molar-refractivity contribution is 0.480. The van der Waals surface area contributed by atoms with Crippen LogP contribution in [0.4, 0.5) is 0 Å². The van der Waals surface area contributed by atoms with E-state index in [1.807, 2.05) is 0 Å². The zero-order chi connectivity index (χ0) is 11.5. The number of hydrogen-bond acceptors (Lipinski definition) is 2. The molecule has 1 atom stereocenters. The minimum absolute atomic E-state index is 0.290. The van der Waals surface area contributed by atoms with Crippen molar-refractivity contribution < 1.29 is 0 Å². The van der Waals surface area contributed by atoms with Crippen LogP contribution in [0.5, 0.6) is 0 Å². The van der Waals surface area contributed by atoms with Crippen LogP contribution >= 0.6 is 15.9 Å². The first-order valence-electron chi connectivity index (χ1n) is 5.93. The highest BCUT2D eigenvalue weighted by atomic mass is 79.9. The summed E-state index contributed by atoms with van der Waals surface area (Å²) in [5.41, 5.74) is 5.56. The second-order valence-electron chi connectivity index (χ2n) is 4.69. The molecule has 3 heteroatoms. The van der Waals surface area contributed by atoms with Crippen LogP contribution in [0.25, 0.3) is 0 Å². The number of benzene rings is 1. The van der Waals surface area contributed by atoms with Gasteiger partial charge in [-0.2, -0.15) is 0 Å². The van der Waals surface area contributed by atoms with Gasteiger partial charge in [0.15, 0.2) is 0 Å². The number of rotatable bonds is 5. The van der Waals surface area contributed by atoms with Gasteiger partial charge >= 0.3 is 0 Å². The van der Waals surface area contributed by atoms with Crippen molar-refractivity contribution in [1.82, 2.24) is 5.43 Å². The van der Waals surface area contributed by atoms with Gasteiger partial charge in [-0.1, -0.05) is 40.9 Å². The first kappa shape index (κ1) is 12.1. The lowest BCUT2D eigenvalue weighted by Gasteiger charge is -2.19. The first-order chi connectivity index (χ1) is 7.72. The SMILES string of the molecule is Cc1c(Br)cccc1C(CCC1CC1)NN. The maximum absolute atomic E-state index is 5.67. The lowest BCUT2D eigenvalue weighted by Crippen LogP contribution is -2.28. The Morgan fingerprint density at radius 3 is 2.88 bits per heavy atom. The van der Waals surface area contributed by atoms with E-state index < -0.39 is 0 Å². The normalized spacial score (nSPS) is 17.4. The maximum Gasteiger partial charge on any atom is 0.0463 e. The highest BCUT2D eigenvalue weighted by Gasteiger charge is 2.23. The van der Waals surface area contributed by atoms with Crippen molar-refractivity contribution in [2.75, 3.05) is 0 Å². The molecule has 1 aliphatic carbocycles. The van der Waals surface area contributed by atoms with Crippen LogP contribution < -0.4 is 11.3 Å². The molecule has 0 radical (unpaired) electrons. The molecule has 0 amide bonds. The largest absolute Gasteiger partial charge is 0.271 e. The first-order valence-corrected chi connectivity index (χ1v) is 6.73. The molecule has 0 spiro atoms. The van der Waals surface area contributed by atoms with Crippen molar-refractivity contribution in [3.05, 3.63) is 33.8 Å². The fourth-order valence-electron chi connectivity index (χ4n) is 2.14. The van der Waals surface area contributed by atoms with E-state index in [1.165, 1.54) is 30.4 Å². The Morgan fingerprint density at radius 2 is 2.25 bits per heavy atom. The zero-order valence-electron chi connectivity index (χ0n) is 9.67. The summed E-state index contributed by atoms with van der Waals surface area (Å²) in [6.45, 7) is 2.14. The summed E-state index contributed by atoms with van der Waals surface area (Å²) in [5, 5.41) is 0. The summed E-state index contributed by atoms with van der Waals surface area (Å²) in [5.74, 6) is 6.63. The van der Waals surface area contributed by atoms with Crippen molar-refractivity contribution in [3.63, 3.8) is 0 Å². The quantitative estimate of drug-likeness (QED) is 0.641. The highest BCUT2D eigenvalue weighted by Crippen LogP contribution is 2.36. The molecule has 2 nitrogen and oxygen atoms in total. The van der Waals surface area contributed by atoms with Gasteiger partial charge in [0, 0.05) is 10.5 Å². The van der Waals surface area contributed by atoms with E-state index in [9.17, 15) is 0 Å². The predicted octanol–water partition coefficient (Wildman–Crippen LogP) is 3.45. The van der Waals surface area contributed by atoms with E-state index in [2.05, 4.69) is 46.5 Å². The van der Waals surface area contributed by atoms with E-state index in [0.29, 0.717) is 0 Å². The maximum atomic E-state index is 5.67. The fourth-order valence-corrected chi connectivity index (χ4v) is 2.52. The molecule has 1 aromatic carbocycles. The van der Waals surface area contributed by atoms with Crippen LogP contribution in [0.1, 0.15) is 42.9 Å². The summed E-state index contributed by atoms with van der Waals surface area (Å²) in [4.78, 5) is 0. The van der Waals surface area contributed by atoms with Crippen molar-refractivity contribution in [3.8, 4) is 0 Å². The van der Waals surface area contributed by atoms with Gasteiger partial charge in [0.2, 0.25) is 0 Å². The molecule has 0 bridgehead atoms. The van der Waals surface area contributed by atoms with Gasteiger partial charge in [0.25, 0.3) is 0 Å². The van der Waals surface area contributed by atoms with Gasteiger partial charge in [-0.15, -0.1) is 0 Å². The third-order valence-electron chi connectivity index (χ3n) is 3.45. The average molecular weight is 283 g/mol. The minimum Gasteiger partial charge on any atom is -0.271 e. The third-order valence-corrected chi connectivity index (χ3v) is 4.31. The molecule has 0 aliphatic heterocycles. The Morgan fingerprint density at radius 1 is 1.50 bits per heavy atom. The lowest BCUT2D eigenvalue weighted by atomic mass is 9.97. The Hall–Kier alpha value is -0.380. The van der Waals surface area contributed by atoms with E-state index in [0.717, 1.165) is 16.8 Å². The van der Waals surface area contributed by atoms with Crippen LogP contribution in [0.15, 0.2) is 22.7 Å². The van der Waals surface area contributed by atoms with Crippen molar-refractivity contribution >= 4 is 15.9 Å². The average Bonchev–Trinajstić information content (AvgIpc) is 3.08. The van der Waals surface area contributed by atoms with Crippen molar-refractivity contribution in [1.29, 1.82) is 0 Å². The number of hydrogen-bond donors (Lipinski definition) is 2. The number of nitrogens with one attached hydrogen (secondary N) is 1.